The molecule has 0 N–H and O–H groups in total. The van der Waals surface area contributed by atoms with Gasteiger partial charge in [-0.25, -0.2) is 0 Å². The minimum absolute atomic E-state index is 0.0100. The molecule has 0 aliphatic carbocycles. The molecule has 0 aromatic carbocycles. The fourth-order valence-electron chi connectivity index (χ4n) is 1.20. The Hall–Kier alpha value is -1.27. The molecule has 0 unspecified atom stereocenters. The molecule has 0 atom stereocenters. The lowest BCUT2D eigenvalue weighted by atomic mass is 10.3. The molecule has 0 saturated carbocycles. The second kappa shape index (κ2) is 3.71. The summed E-state index contributed by atoms with van der Waals surface area (Å²) in [6, 6.07) is 0. The average Bonchev–Trinajstić information content (AvgIpc) is 2.43. The van der Waals surface area contributed by atoms with Gasteiger partial charge in [-0.3, -0.25) is 14.5 Å². The van der Waals surface area contributed by atoms with Gasteiger partial charge in [0.1, 0.15) is 0 Å². The number of amides is 1. The van der Waals surface area contributed by atoms with Crippen LogP contribution in [0.1, 0.15) is 6.42 Å². The van der Waals surface area contributed by atoms with Gasteiger partial charge in [-0.05, 0) is 23.2 Å². The first-order valence-electron chi connectivity index (χ1n) is 3.95. The van der Waals surface area contributed by atoms with Crippen LogP contribution in [-0.2, 0) is 9.59 Å². The number of nitrogens with zero attached hydrogens (tertiary/aromatic N) is 4. The van der Waals surface area contributed by atoms with Crippen LogP contribution in [0.5, 0.6) is 0 Å². The molecular formula is C7H4Cl2N4O2. The summed E-state index contributed by atoms with van der Waals surface area (Å²) in [5.41, 5.74) is 0. The number of anilines is 1. The van der Waals surface area contributed by atoms with Gasteiger partial charge in [0.25, 0.3) is 0 Å². The van der Waals surface area contributed by atoms with E-state index in [1.807, 2.05) is 0 Å². The number of aromatic nitrogens is 3. The lowest BCUT2D eigenvalue weighted by Gasteiger charge is -2.11. The topological polar surface area (TPSA) is 76.1 Å². The number of hydrogen-bond acceptors (Lipinski definition) is 5. The zero-order chi connectivity index (χ0) is 11.0. The van der Waals surface area contributed by atoms with Crippen LogP contribution >= 0.6 is 23.2 Å². The van der Waals surface area contributed by atoms with E-state index >= 15 is 0 Å². The van der Waals surface area contributed by atoms with Gasteiger partial charge in [-0.15, -0.1) is 0 Å². The van der Waals surface area contributed by atoms with E-state index in [1.165, 1.54) is 0 Å². The maximum Gasteiger partial charge on any atom is 0.238 e. The zero-order valence-electron chi connectivity index (χ0n) is 7.28. The molecule has 1 aliphatic rings. The van der Waals surface area contributed by atoms with Crippen molar-refractivity contribution >= 4 is 40.8 Å². The summed E-state index contributed by atoms with van der Waals surface area (Å²) >= 11 is 11.1. The number of carbonyl (C=O) groups is 2. The summed E-state index contributed by atoms with van der Waals surface area (Å²) in [7, 11) is 0. The zero-order valence-corrected chi connectivity index (χ0v) is 8.79. The molecule has 0 radical (unpaired) electrons. The third-order valence-electron chi connectivity index (χ3n) is 1.79. The van der Waals surface area contributed by atoms with E-state index in [1.54, 1.807) is 0 Å². The highest BCUT2D eigenvalue weighted by Crippen LogP contribution is 2.18. The molecule has 1 saturated heterocycles. The monoisotopic (exact) mass is 246 g/mol. The molecule has 0 spiro atoms. The summed E-state index contributed by atoms with van der Waals surface area (Å²) in [4.78, 5) is 34.4. The SMILES string of the molecule is O=C1CC(=O)N(c2nc(Cl)nc(Cl)n2)C1. The van der Waals surface area contributed by atoms with Crippen LogP contribution in [0.4, 0.5) is 5.95 Å². The standard InChI is InChI=1S/C7H4Cl2N4O2/c8-5-10-6(9)12-7(11-5)13-2-3(14)1-4(13)15/h1-2H2. The van der Waals surface area contributed by atoms with Crippen LogP contribution in [0.15, 0.2) is 0 Å². The molecule has 6 nitrogen and oxygen atoms in total. The second-order valence-corrected chi connectivity index (χ2v) is 3.54. The van der Waals surface area contributed by atoms with E-state index in [4.69, 9.17) is 23.2 Å². The van der Waals surface area contributed by atoms with Gasteiger partial charge in [0.2, 0.25) is 22.4 Å². The van der Waals surface area contributed by atoms with E-state index in [-0.39, 0.29) is 41.2 Å². The lowest BCUT2D eigenvalue weighted by molar-refractivity contribution is -0.121. The predicted octanol–water partition coefficient (Wildman–Crippen LogP) is 0.484. The van der Waals surface area contributed by atoms with Crippen LogP contribution in [0.25, 0.3) is 0 Å². The number of carbonyl (C=O) groups excluding carboxylic acids is 2. The number of Topliss-reactive ketones (excluding diaryl/α,β-unsaturated/α-hetero) is 1. The largest absolute Gasteiger partial charge is 0.297 e. The average molecular weight is 247 g/mol. The van der Waals surface area contributed by atoms with Crippen molar-refractivity contribution in [2.45, 2.75) is 6.42 Å². The molecule has 2 heterocycles. The highest BCUT2D eigenvalue weighted by molar-refractivity contribution is 6.31. The molecule has 1 fully saturated rings. The van der Waals surface area contributed by atoms with E-state index in [2.05, 4.69) is 15.0 Å². The van der Waals surface area contributed by atoms with E-state index in [0.29, 0.717) is 0 Å². The van der Waals surface area contributed by atoms with E-state index < -0.39 is 0 Å². The van der Waals surface area contributed by atoms with Crippen molar-refractivity contribution in [3.05, 3.63) is 10.6 Å². The van der Waals surface area contributed by atoms with Gasteiger partial charge >= 0.3 is 0 Å². The number of hydrogen-bond donors (Lipinski definition) is 0. The molecule has 8 heteroatoms. The Morgan fingerprint density at radius 1 is 1.07 bits per heavy atom. The van der Waals surface area contributed by atoms with Gasteiger partial charge in [-0.2, -0.15) is 15.0 Å². The summed E-state index contributed by atoms with van der Waals surface area (Å²) in [6.07, 6.45) is -0.138. The maximum absolute atomic E-state index is 11.3. The normalized spacial score (nSPS) is 16.3. The quantitative estimate of drug-likeness (QED) is 0.674. The summed E-state index contributed by atoms with van der Waals surface area (Å²) in [6.45, 7) is -0.0461. The third kappa shape index (κ3) is 2.05. The van der Waals surface area contributed by atoms with Crippen molar-refractivity contribution in [1.82, 2.24) is 15.0 Å². The van der Waals surface area contributed by atoms with Gasteiger partial charge in [0, 0.05) is 0 Å². The summed E-state index contributed by atoms with van der Waals surface area (Å²) in [5.74, 6) is -0.540. The molecule has 1 aromatic rings. The Morgan fingerprint density at radius 2 is 1.67 bits per heavy atom. The lowest BCUT2D eigenvalue weighted by Crippen LogP contribution is -2.26. The highest BCUT2D eigenvalue weighted by atomic mass is 35.5. The van der Waals surface area contributed by atoms with Gasteiger partial charge in [0.15, 0.2) is 5.78 Å². The van der Waals surface area contributed by atoms with Gasteiger partial charge in [0.05, 0.1) is 13.0 Å². The van der Waals surface area contributed by atoms with E-state index in [9.17, 15) is 9.59 Å². The Kier molecular flexibility index (Phi) is 2.54. The van der Waals surface area contributed by atoms with Crippen molar-refractivity contribution in [2.75, 3.05) is 11.4 Å². The molecule has 15 heavy (non-hydrogen) atoms. The Balaban J connectivity index is 2.37. The molecule has 1 aromatic heterocycles. The fraction of sp³-hybridized carbons (Fsp3) is 0.286. The van der Waals surface area contributed by atoms with Crippen molar-refractivity contribution in [3.63, 3.8) is 0 Å². The minimum atomic E-state index is -0.363. The second-order valence-electron chi connectivity index (χ2n) is 2.87. The number of ketones is 1. The van der Waals surface area contributed by atoms with Crippen molar-refractivity contribution in [1.29, 1.82) is 0 Å². The first kappa shape index (κ1) is 10.3. The van der Waals surface area contributed by atoms with Crippen LogP contribution in [0.2, 0.25) is 10.6 Å². The molecule has 0 bridgehead atoms. The summed E-state index contributed by atoms with van der Waals surface area (Å²) < 4.78 is 0. The first-order chi connectivity index (χ1) is 7.06. The van der Waals surface area contributed by atoms with Crippen molar-refractivity contribution in [2.24, 2.45) is 0 Å². The smallest absolute Gasteiger partial charge is 0.238 e. The van der Waals surface area contributed by atoms with Crippen LogP contribution in [0.3, 0.4) is 0 Å². The van der Waals surface area contributed by atoms with Crippen LogP contribution in [-0.4, -0.2) is 33.2 Å². The minimum Gasteiger partial charge on any atom is -0.297 e. The molecule has 1 amide bonds. The predicted molar refractivity (Wildman–Crippen MR) is 51.8 cm³/mol. The number of halogens is 2. The maximum atomic E-state index is 11.3. The van der Waals surface area contributed by atoms with Gasteiger partial charge in [-0.1, -0.05) is 0 Å². The molecule has 78 valence electrons. The third-order valence-corrected chi connectivity index (χ3v) is 2.13. The van der Waals surface area contributed by atoms with Crippen molar-refractivity contribution in [3.8, 4) is 0 Å². The van der Waals surface area contributed by atoms with Gasteiger partial charge < -0.3 is 0 Å². The Morgan fingerprint density at radius 3 is 2.13 bits per heavy atom. The fourth-order valence-corrected chi connectivity index (χ4v) is 1.56. The van der Waals surface area contributed by atoms with Crippen LogP contribution < -0.4 is 4.90 Å². The molecular weight excluding hydrogens is 243 g/mol. The van der Waals surface area contributed by atoms with Crippen LogP contribution in [0, 0.1) is 0 Å². The molecule has 2 rings (SSSR count). The Bertz CT molecular complexity index is 430. The highest BCUT2D eigenvalue weighted by Gasteiger charge is 2.30. The Labute approximate surface area is 94.2 Å². The summed E-state index contributed by atoms with van der Waals surface area (Å²) in [5, 5.41) is -0.228. The molecule has 1 aliphatic heterocycles. The number of rotatable bonds is 1. The van der Waals surface area contributed by atoms with Crippen molar-refractivity contribution < 1.29 is 9.59 Å². The first-order valence-corrected chi connectivity index (χ1v) is 4.71. The van der Waals surface area contributed by atoms with E-state index in [0.717, 1.165) is 4.90 Å².